The Labute approximate surface area is 100 Å². The summed E-state index contributed by atoms with van der Waals surface area (Å²) in [5.41, 5.74) is 3.17. The molecule has 0 saturated carbocycles. The van der Waals surface area contributed by atoms with Gasteiger partial charge in [-0.1, -0.05) is 52.0 Å². The molecule has 0 aromatic heterocycles. The van der Waals surface area contributed by atoms with E-state index in [1.165, 1.54) is 17.5 Å². The molecular formula is C15H25N. The summed E-state index contributed by atoms with van der Waals surface area (Å²) in [6, 6.07) is 9.00. The zero-order valence-corrected chi connectivity index (χ0v) is 11.1. The Bertz CT molecular complexity index is 315. The van der Waals surface area contributed by atoms with Gasteiger partial charge in [-0.2, -0.15) is 0 Å². The molecule has 16 heavy (non-hydrogen) atoms. The first-order valence-electron chi connectivity index (χ1n) is 6.40. The van der Waals surface area contributed by atoms with Crippen LogP contribution in [-0.2, 0) is 11.8 Å². The molecule has 0 heterocycles. The average molecular weight is 219 g/mol. The van der Waals surface area contributed by atoms with Crippen LogP contribution in [0.5, 0.6) is 0 Å². The third-order valence-electron chi connectivity index (χ3n) is 3.29. The third-order valence-corrected chi connectivity index (χ3v) is 3.29. The first kappa shape index (κ1) is 13.2. The standard InChI is InChI=1S/C15H25N/c1-5-13-8-7-9-14(12-13)15(3,4)10-11-16-6-2/h7-9,12,16H,5-6,10-11H2,1-4H3. The number of rotatable bonds is 6. The minimum Gasteiger partial charge on any atom is -0.317 e. The van der Waals surface area contributed by atoms with Crippen molar-refractivity contribution in [1.82, 2.24) is 5.32 Å². The SMILES string of the molecule is CCNCCC(C)(C)c1cccc(CC)c1. The molecule has 1 N–H and O–H groups in total. The lowest BCUT2D eigenvalue weighted by atomic mass is 9.81. The van der Waals surface area contributed by atoms with Crippen molar-refractivity contribution < 1.29 is 0 Å². The molecule has 0 saturated heterocycles. The van der Waals surface area contributed by atoms with E-state index in [2.05, 4.69) is 57.3 Å². The Kier molecular flexibility index (Phi) is 5.01. The maximum absolute atomic E-state index is 3.40. The lowest BCUT2D eigenvalue weighted by Gasteiger charge is -2.26. The fourth-order valence-electron chi connectivity index (χ4n) is 1.93. The quantitative estimate of drug-likeness (QED) is 0.722. The van der Waals surface area contributed by atoms with Gasteiger partial charge in [-0.05, 0) is 42.5 Å². The highest BCUT2D eigenvalue weighted by Gasteiger charge is 2.19. The van der Waals surface area contributed by atoms with Crippen molar-refractivity contribution >= 4 is 0 Å². The Hall–Kier alpha value is -0.820. The molecule has 1 rings (SSSR count). The number of benzene rings is 1. The summed E-state index contributed by atoms with van der Waals surface area (Å²) in [5.74, 6) is 0. The van der Waals surface area contributed by atoms with Crippen LogP contribution >= 0.6 is 0 Å². The monoisotopic (exact) mass is 219 g/mol. The van der Waals surface area contributed by atoms with Crippen molar-refractivity contribution in [1.29, 1.82) is 0 Å². The Morgan fingerprint density at radius 1 is 1.19 bits per heavy atom. The fourth-order valence-corrected chi connectivity index (χ4v) is 1.93. The second-order valence-corrected chi connectivity index (χ2v) is 5.04. The zero-order chi connectivity index (χ0) is 12.0. The van der Waals surface area contributed by atoms with Crippen molar-refractivity contribution in [3.8, 4) is 0 Å². The summed E-state index contributed by atoms with van der Waals surface area (Å²) < 4.78 is 0. The highest BCUT2D eigenvalue weighted by molar-refractivity contribution is 5.29. The molecule has 0 atom stereocenters. The molecule has 0 fully saturated rings. The van der Waals surface area contributed by atoms with Gasteiger partial charge in [0.1, 0.15) is 0 Å². The summed E-state index contributed by atoms with van der Waals surface area (Å²) in [6.07, 6.45) is 2.31. The van der Waals surface area contributed by atoms with Gasteiger partial charge in [0.15, 0.2) is 0 Å². The van der Waals surface area contributed by atoms with E-state index in [-0.39, 0.29) is 5.41 Å². The predicted molar refractivity (Wildman–Crippen MR) is 72.0 cm³/mol. The highest BCUT2D eigenvalue weighted by atomic mass is 14.8. The minimum atomic E-state index is 0.271. The van der Waals surface area contributed by atoms with E-state index in [0.717, 1.165) is 19.5 Å². The van der Waals surface area contributed by atoms with Crippen LogP contribution in [0.25, 0.3) is 0 Å². The number of hydrogen-bond acceptors (Lipinski definition) is 1. The van der Waals surface area contributed by atoms with Crippen LogP contribution in [0.2, 0.25) is 0 Å². The van der Waals surface area contributed by atoms with E-state index in [9.17, 15) is 0 Å². The van der Waals surface area contributed by atoms with E-state index < -0.39 is 0 Å². The molecule has 1 aromatic carbocycles. The molecule has 0 unspecified atom stereocenters. The van der Waals surface area contributed by atoms with Gasteiger partial charge in [-0.15, -0.1) is 0 Å². The van der Waals surface area contributed by atoms with Crippen molar-refractivity contribution in [2.75, 3.05) is 13.1 Å². The van der Waals surface area contributed by atoms with Crippen LogP contribution in [0, 0.1) is 0 Å². The van der Waals surface area contributed by atoms with Crippen LogP contribution in [-0.4, -0.2) is 13.1 Å². The molecule has 0 radical (unpaired) electrons. The molecule has 0 aliphatic carbocycles. The zero-order valence-electron chi connectivity index (χ0n) is 11.1. The van der Waals surface area contributed by atoms with Gasteiger partial charge in [-0.3, -0.25) is 0 Å². The second-order valence-electron chi connectivity index (χ2n) is 5.04. The molecule has 1 heteroatoms. The fraction of sp³-hybridized carbons (Fsp3) is 0.600. The van der Waals surface area contributed by atoms with Gasteiger partial charge < -0.3 is 5.32 Å². The molecule has 0 aliphatic rings. The van der Waals surface area contributed by atoms with Gasteiger partial charge in [0.25, 0.3) is 0 Å². The Balaban J connectivity index is 2.72. The molecule has 90 valence electrons. The second kappa shape index (κ2) is 6.05. The average Bonchev–Trinajstić information content (AvgIpc) is 2.29. The van der Waals surface area contributed by atoms with E-state index in [1.54, 1.807) is 0 Å². The molecular weight excluding hydrogens is 194 g/mol. The number of nitrogens with one attached hydrogen (secondary N) is 1. The Morgan fingerprint density at radius 2 is 1.94 bits per heavy atom. The van der Waals surface area contributed by atoms with Crippen LogP contribution < -0.4 is 5.32 Å². The molecule has 0 bridgehead atoms. The van der Waals surface area contributed by atoms with Crippen molar-refractivity contribution in [2.24, 2.45) is 0 Å². The molecule has 0 amide bonds. The maximum atomic E-state index is 3.40. The highest BCUT2D eigenvalue weighted by Crippen LogP contribution is 2.27. The maximum Gasteiger partial charge on any atom is -0.00407 e. The van der Waals surface area contributed by atoms with E-state index in [4.69, 9.17) is 0 Å². The summed E-state index contributed by atoms with van der Waals surface area (Å²) in [4.78, 5) is 0. The smallest absolute Gasteiger partial charge is 0.00407 e. The first-order valence-corrected chi connectivity index (χ1v) is 6.40. The molecule has 0 aliphatic heterocycles. The van der Waals surface area contributed by atoms with Crippen molar-refractivity contribution in [3.05, 3.63) is 35.4 Å². The summed E-state index contributed by atoms with van der Waals surface area (Å²) in [5, 5.41) is 3.40. The summed E-state index contributed by atoms with van der Waals surface area (Å²) in [7, 11) is 0. The van der Waals surface area contributed by atoms with Crippen molar-refractivity contribution in [2.45, 2.75) is 46.0 Å². The minimum absolute atomic E-state index is 0.271. The molecule has 1 nitrogen and oxygen atoms in total. The lowest BCUT2D eigenvalue weighted by Crippen LogP contribution is -2.25. The van der Waals surface area contributed by atoms with E-state index >= 15 is 0 Å². The van der Waals surface area contributed by atoms with Gasteiger partial charge >= 0.3 is 0 Å². The summed E-state index contributed by atoms with van der Waals surface area (Å²) >= 11 is 0. The van der Waals surface area contributed by atoms with Gasteiger partial charge in [0.2, 0.25) is 0 Å². The summed E-state index contributed by atoms with van der Waals surface area (Å²) in [6.45, 7) is 11.2. The number of aryl methyl sites for hydroxylation is 1. The lowest BCUT2D eigenvalue weighted by molar-refractivity contribution is 0.461. The molecule has 1 aromatic rings. The van der Waals surface area contributed by atoms with Gasteiger partial charge in [0.05, 0.1) is 0 Å². The molecule has 0 spiro atoms. The van der Waals surface area contributed by atoms with Crippen LogP contribution in [0.15, 0.2) is 24.3 Å². The van der Waals surface area contributed by atoms with Crippen LogP contribution in [0.1, 0.15) is 45.2 Å². The normalized spacial score (nSPS) is 11.8. The number of hydrogen-bond donors (Lipinski definition) is 1. The van der Waals surface area contributed by atoms with Crippen molar-refractivity contribution in [3.63, 3.8) is 0 Å². The Morgan fingerprint density at radius 3 is 2.56 bits per heavy atom. The van der Waals surface area contributed by atoms with Crippen LogP contribution in [0.4, 0.5) is 0 Å². The predicted octanol–water partition coefficient (Wildman–Crippen LogP) is 3.53. The largest absolute Gasteiger partial charge is 0.317 e. The van der Waals surface area contributed by atoms with Gasteiger partial charge in [0, 0.05) is 0 Å². The van der Waals surface area contributed by atoms with E-state index in [0.29, 0.717) is 0 Å². The topological polar surface area (TPSA) is 12.0 Å². The first-order chi connectivity index (χ1) is 7.60. The van der Waals surface area contributed by atoms with E-state index in [1.807, 2.05) is 0 Å². The van der Waals surface area contributed by atoms with Gasteiger partial charge in [-0.25, -0.2) is 0 Å². The third kappa shape index (κ3) is 3.64. The van der Waals surface area contributed by atoms with Crippen LogP contribution in [0.3, 0.4) is 0 Å².